The molecule has 19 heavy (non-hydrogen) atoms. The van der Waals surface area contributed by atoms with Crippen molar-refractivity contribution < 1.29 is 0 Å². The third-order valence-corrected chi connectivity index (χ3v) is 5.43. The van der Waals surface area contributed by atoms with Gasteiger partial charge in [-0.3, -0.25) is 4.90 Å². The van der Waals surface area contributed by atoms with Gasteiger partial charge in [0.25, 0.3) is 0 Å². The first-order chi connectivity index (χ1) is 9.22. The molecular formula is C17H32N2. The van der Waals surface area contributed by atoms with Crippen LogP contribution in [0, 0.1) is 17.8 Å². The van der Waals surface area contributed by atoms with Crippen LogP contribution in [0.3, 0.4) is 0 Å². The first-order valence-corrected chi connectivity index (χ1v) is 8.70. The lowest BCUT2D eigenvalue weighted by molar-refractivity contribution is 0.0906. The minimum atomic E-state index is 0.747. The highest BCUT2D eigenvalue weighted by molar-refractivity contribution is 4.96. The average Bonchev–Trinajstić information content (AvgIpc) is 3.07. The predicted molar refractivity (Wildman–Crippen MR) is 81.3 cm³/mol. The zero-order valence-corrected chi connectivity index (χ0v) is 12.9. The maximum absolute atomic E-state index is 3.84. The maximum atomic E-state index is 3.84. The van der Waals surface area contributed by atoms with Crippen molar-refractivity contribution in [3.8, 4) is 0 Å². The van der Waals surface area contributed by atoms with Gasteiger partial charge in [0.15, 0.2) is 0 Å². The van der Waals surface area contributed by atoms with Crippen LogP contribution in [0.25, 0.3) is 0 Å². The van der Waals surface area contributed by atoms with Gasteiger partial charge in [-0.1, -0.05) is 26.7 Å². The molecule has 0 amide bonds. The van der Waals surface area contributed by atoms with Crippen molar-refractivity contribution in [1.82, 2.24) is 10.2 Å². The highest BCUT2D eigenvalue weighted by Gasteiger charge is 2.39. The molecule has 2 aliphatic carbocycles. The molecule has 2 nitrogen and oxygen atoms in total. The molecule has 1 aliphatic heterocycles. The summed E-state index contributed by atoms with van der Waals surface area (Å²) in [7, 11) is 0. The second kappa shape index (κ2) is 6.13. The van der Waals surface area contributed by atoms with Crippen molar-refractivity contribution in [3.05, 3.63) is 0 Å². The van der Waals surface area contributed by atoms with Crippen molar-refractivity contribution >= 4 is 0 Å². The van der Waals surface area contributed by atoms with Gasteiger partial charge in [-0.15, -0.1) is 0 Å². The Labute approximate surface area is 119 Å². The summed E-state index contributed by atoms with van der Waals surface area (Å²) in [5.74, 6) is 2.86. The van der Waals surface area contributed by atoms with Crippen LogP contribution in [0.5, 0.6) is 0 Å². The molecule has 0 aromatic heterocycles. The molecule has 1 saturated heterocycles. The molecule has 2 unspecified atom stereocenters. The first-order valence-electron chi connectivity index (χ1n) is 8.70. The van der Waals surface area contributed by atoms with Crippen LogP contribution < -0.4 is 5.32 Å². The standard InChI is InChI=1S/C17H32N2/c1-13(2)9-16-12-19(11-14-5-3-4-6-14)17(10-18-16)15-7-8-15/h13-18H,3-12H2,1-2H3. The molecule has 3 rings (SSSR count). The lowest BCUT2D eigenvalue weighted by Crippen LogP contribution is -2.58. The molecule has 110 valence electrons. The van der Waals surface area contributed by atoms with Crippen LogP contribution >= 0.6 is 0 Å². The summed E-state index contributed by atoms with van der Waals surface area (Å²) >= 11 is 0. The highest BCUT2D eigenvalue weighted by Crippen LogP contribution is 2.37. The Bertz CT molecular complexity index is 279. The summed E-state index contributed by atoms with van der Waals surface area (Å²) in [4.78, 5) is 2.89. The Hall–Kier alpha value is -0.0800. The largest absolute Gasteiger partial charge is 0.311 e. The van der Waals surface area contributed by atoms with Crippen molar-refractivity contribution in [2.24, 2.45) is 17.8 Å². The summed E-state index contributed by atoms with van der Waals surface area (Å²) in [6.07, 6.45) is 10.3. The Morgan fingerprint density at radius 3 is 2.47 bits per heavy atom. The second-order valence-corrected chi connectivity index (χ2v) is 7.74. The molecule has 0 aromatic rings. The summed E-state index contributed by atoms with van der Waals surface area (Å²) < 4.78 is 0. The minimum absolute atomic E-state index is 0.747. The van der Waals surface area contributed by atoms with E-state index in [2.05, 4.69) is 24.1 Å². The molecule has 0 spiro atoms. The van der Waals surface area contributed by atoms with E-state index in [1.807, 2.05) is 0 Å². The van der Waals surface area contributed by atoms with Gasteiger partial charge in [0.1, 0.15) is 0 Å². The highest BCUT2D eigenvalue weighted by atomic mass is 15.2. The Morgan fingerprint density at radius 2 is 1.84 bits per heavy atom. The van der Waals surface area contributed by atoms with Gasteiger partial charge in [-0.05, 0) is 49.9 Å². The molecule has 2 heteroatoms. The fraction of sp³-hybridized carbons (Fsp3) is 1.00. The van der Waals surface area contributed by atoms with Crippen molar-refractivity contribution in [3.63, 3.8) is 0 Å². The lowest BCUT2D eigenvalue weighted by Gasteiger charge is -2.42. The van der Waals surface area contributed by atoms with Gasteiger partial charge in [0.2, 0.25) is 0 Å². The molecule has 0 bridgehead atoms. The molecule has 0 radical (unpaired) electrons. The Balaban J connectivity index is 1.57. The van der Waals surface area contributed by atoms with E-state index in [0.717, 1.165) is 29.8 Å². The molecule has 0 aromatic carbocycles. The third kappa shape index (κ3) is 3.72. The van der Waals surface area contributed by atoms with Crippen LogP contribution in [0.15, 0.2) is 0 Å². The number of hydrogen-bond donors (Lipinski definition) is 1. The smallest absolute Gasteiger partial charge is 0.0249 e. The zero-order valence-electron chi connectivity index (χ0n) is 12.9. The van der Waals surface area contributed by atoms with E-state index < -0.39 is 0 Å². The minimum Gasteiger partial charge on any atom is -0.311 e. The van der Waals surface area contributed by atoms with Gasteiger partial charge in [0, 0.05) is 31.7 Å². The Kier molecular flexibility index (Phi) is 4.48. The molecule has 2 saturated carbocycles. The summed E-state index contributed by atoms with van der Waals surface area (Å²) in [5, 5.41) is 3.84. The van der Waals surface area contributed by atoms with E-state index in [-0.39, 0.29) is 0 Å². The molecule has 1 N–H and O–H groups in total. The van der Waals surface area contributed by atoms with Gasteiger partial charge in [0.05, 0.1) is 0 Å². The summed E-state index contributed by atoms with van der Waals surface area (Å²) in [6, 6.07) is 1.61. The van der Waals surface area contributed by atoms with Crippen LogP contribution in [-0.2, 0) is 0 Å². The van der Waals surface area contributed by atoms with Crippen LogP contribution in [-0.4, -0.2) is 36.6 Å². The van der Waals surface area contributed by atoms with E-state index in [9.17, 15) is 0 Å². The quantitative estimate of drug-likeness (QED) is 0.820. The van der Waals surface area contributed by atoms with Gasteiger partial charge < -0.3 is 5.32 Å². The number of nitrogens with one attached hydrogen (secondary N) is 1. The van der Waals surface area contributed by atoms with Gasteiger partial charge in [-0.25, -0.2) is 0 Å². The van der Waals surface area contributed by atoms with Crippen molar-refractivity contribution in [2.75, 3.05) is 19.6 Å². The number of rotatable bonds is 5. The van der Waals surface area contributed by atoms with Crippen LogP contribution in [0.2, 0.25) is 0 Å². The summed E-state index contributed by atoms with van der Waals surface area (Å²) in [6.45, 7) is 8.69. The second-order valence-electron chi connectivity index (χ2n) is 7.74. The number of piperazine rings is 1. The fourth-order valence-electron chi connectivity index (χ4n) is 4.31. The first kappa shape index (κ1) is 13.9. The van der Waals surface area contributed by atoms with E-state index in [4.69, 9.17) is 0 Å². The molecular weight excluding hydrogens is 232 g/mol. The zero-order chi connectivity index (χ0) is 13.2. The monoisotopic (exact) mass is 264 g/mol. The van der Waals surface area contributed by atoms with Crippen molar-refractivity contribution in [1.29, 1.82) is 0 Å². The maximum Gasteiger partial charge on any atom is 0.0249 e. The van der Waals surface area contributed by atoms with Gasteiger partial charge in [-0.2, -0.15) is 0 Å². The van der Waals surface area contributed by atoms with E-state index in [0.29, 0.717) is 0 Å². The topological polar surface area (TPSA) is 15.3 Å². The predicted octanol–water partition coefficient (Wildman–Crippen LogP) is 3.28. The van der Waals surface area contributed by atoms with E-state index >= 15 is 0 Å². The fourth-order valence-corrected chi connectivity index (χ4v) is 4.31. The normalized spacial score (nSPS) is 34.3. The van der Waals surface area contributed by atoms with E-state index in [1.54, 1.807) is 0 Å². The van der Waals surface area contributed by atoms with E-state index in [1.165, 1.54) is 64.6 Å². The van der Waals surface area contributed by atoms with Gasteiger partial charge >= 0.3 is 0 Å². The van der Waals surface area contributed by atoms with Crippen LogP contribution in [0.1, 0.15) is 58.8 Å². The Morgan fingerprint density at radius 1 is 1.11 bits per heavy atom. The average molecular weight is 264 g/mol. The third-order valence-electron chi connectivity index (χ3n) is 5.43. The SMILES string of the molecule is CC(C)CC1CN(CC2CCCC2)C(C2CC2)CN1. The van der Waals surface area contributed by atoms with Crippen LogP contribution in [0.4, 0.5) is 0 Å². The molecule has 3 aliphatic rings. The molecule has 2 atom stereocenters. The van der Waals surface area contributed by atoms with Crippen molar-refractivity contribution in [2.45, 2.75) is 70.9 Å². The lowest BCUT2D eigenvalue weighted by atomic mass is 9.96. The molecule has 1 heterocycles. The number of nitrogens with zero attached hydrogens (tertiary/aromatic N) is 1. The number of hydrogen-bond acceptors (Lipinski definition) is 2. The summed E-state index contributed by atoms with van der Waals surface area (Å²) in [5.41, 5.74) is 0. The molecule has 3 fully saturated rings.